The molecule has 1 N–H and O–H groups in total. The zero-order valence-corrected chi connectivity index (χ0v) is 26.2. The van der Waals surface area contributed by atoms with Crippen LogP contribution in [-0.2, 0) is 26.2 Å². The molecule has 2 atom stereocenters. The minimum Gasteiger partial charge on any atom is -0.497 e. The number of nitrogens with zero attached hydrogens (tertiary/aromatic N) is 3. The predicted molar refractivity (Wildman–Crippen MR) is 165 cm³/mol. The number of methoxy groups -OCH3 is 1. The maximum atomic E-state index is 14.0. The normalized spacial score (nSPS) is 12.6. The summed E-state index contributed by atoms with van der Waals surface area (Å²) in [5, 5.41) is 15.0. The second kappa shape index (κ2) is 14.3. The van der Waals surface area contributed by atoms with Crippen molar-refractivity contribution in [3.63, 3.8) is 0 Å². The van der Waals surface area contributed by atoms with Gasteiger partial charge in [-0.2, -0.15) is 0 Å². The Labute approximate surface area is 256 Å². The van der Waals surface area contributed by atoms with Crippen molar-refractivity contribution in [3.05, 3.63) is 93.0 Å². The molecule has 230 valence electrons. The monoisotopic (exact) mass is 630 g/mol. The number of sulfonamides is 1. The maximum absolute atomic E-state index is 14.0. The van der Waals surface area contributed by atoms with E-state index in [1.54, 1.807) is 31.2 Å². The van der Waals surface area contributed by atoms with Crippen molar-refractivity contribution in [3.8, 4) is 5.75 Å². The van der Waals surface area contributed by atoms with Crippen molar-refractivity contribution in [2.24, 2.45) is 0 Å². The van der Waals surface area contributed by atoms with Gasteiger partial charge in [-0.15, -0.1) is 0 Å². The van der Waals surface area contributed by atoms with Crippen molar-refractivity contribution in [1.82, 2.24) is 10.2 Å². The molecule has 13 heteroatoms. The van der Waals surface area contributed by atoms with Gasteiger partial charge in [0.2, 0.25) is 11.8 Å². The third-order valence-corrected chi connectivity index (χ3v) is 9.06. The molecule has 0 saturated heterocycles. The van der Waals surface area contributed by atoms with Gasteiger partial charge in [-0.25, -0.2) is 8.42 Å². The molecule has 3 aromatic carbocycles. The van der Waals surface area contributed by atoms with Crippen LogP contribution in [0.2, 0.25) is 5.02 Å². The molecule has 0 aliphatic rings. The number of aryl methyl sites for hydroxylation is 1. The molecule has 2 unspecified atom stereocenters. The van der Waals surface area contributed by atoms with Gasteiger partial charge in [0, 0.05) is 29.2 Å². The Hall–Kier alpha value is -4.16. The number of anilines is 1. The highest BCUT2D eigenvalue weighted by atomic mass is 35.5. The fourth-order valence-corrected chi connectivity index (χ4v) is 5.75. The van der Waals surface area contributed by atoms with E-state index < -0.39 is 39.3 Å². The van der Waals surface area contributed by atoms with Crippen LogP contribution in [0.4, 0.5) is 11.4 Å². The first-order valence-electron chi connectivity index (χ1n) is 13.5. The van der Waals surface area contributed by atoms with Crippen molar-refractivity contribution < 1.29 is 27.7 Å². The summed E-state index contributed by atoms with van der Waals surface area (Å²) in [6.45, 7) is 6.14. The molecule has 0 aliphatic heterocycles. The van der Waals surface area contributed by atoms with Crippen LogP contribution in [0.25, 0.3) is 0 Å². The highest BCUT2D eigenvalue weighted by Gasteiger charge is 2.33. The molecular weight excluding hydrogens is 596 g/mol. The van der Waals surface area contributed by atoms with Gasteiger partial charge in [0.05, 0.1) is 22.6 Å². The van der Waals surface area contributed by atoms with Crippen molar-refractivity contribution in [2.75, 3.05) is 18.0 Å². The first kappa shape index (κ1) is 33.3. The quantitative estimate of drug-likeness (QED) is 0.205. The van der Waals surface area contributed by atoms with E-state index in [0.29, 0.717) is 22.8 Å². The third kappa shape index (κ3) is 8.23. The number of carbonyl (C=O) groups is 2. The van der Waals surface area contributed by atoms with E-state index in [1.807, 2.05) is 13.8 Å². The van der Waals surface area contributed by atoms with Crippen LogP contribution in [0, 0.1) is 17.0 Å². The molecule has 2 amide bonds. The number of halogens is 1. The molecule has 0 saturated carbocycles. The van der Waals surface area contributed by atoms with E-state index in [0.717, 1.165) is 10.4 Å². The third-order valence-electron chi connectivity index (χ3n) is 7.04. The summed E-state index contributed by atoms with van der Waals surface area (Å²) in [6.07, 6.45) is 0.676. The molecule has 0 fully saturated rings. The van der Waals surface area contributed by atoms with Gasteiger partial charge in [-0.05, 0) is 75.2 Å². The highest BCUT2D eigenvalue weighted by Crippen LogP contribution is 2.29. The molecule has 3 rings (SSSR count). The minimum atomic E-state index is -4.50. The maximum Gasteiger partial charge on any atom is 0.273 e. The summed E-state index contributed by atoms with van der Waals surface area (Å²) in [7, 11) is -3.04. The number of nitro benzene ring substituents is 1. The predicted octanol–water partition coefficient (Wildman–Crippen LogP) is 5.09. The average molecular weight is 631 g/mol. The van der Waals surface area contributed by atoms with Crippen molar-refractivity contribution >= 4 is 44.8 Å². The van der Waals surface area contributed by atoms with E-state index >= 15 is 0 Å². The van der Waals surface area contributed by atoms with Crippen molar-refractivity contribution in [1.29, 1.82) is 0 Å². The van der Waals surface area contributed by atoms with Crippen LogP contribution in [0.1, 0.15) is 38.3 Å². The highest BCUT2D eigenvalue weighted by molar-refractivity contribution is 7.92. The lowest BCUT2D eigenvalue weighted by atomic mass is 10.1. The second-order valence-electron chi connectivity index (χ2n) is 10.1. The number of carbonyl (C=O) groups excluding carboxylic acids is 2. The van der Waals surface area contributed by atoms with Crippen LogP contribution < -0.4 is 14.4 Å². The molecule has 3 aromatic rings. The lowest BCUT2D eigenvalue weighted by molar-refractivity contribution is -0.385. The van der Waals surface area contributed by atoms with E-state index in [2.05, 4.69) is 5.32 Å². The van der Waals surface area contributed by atoms with Crippen LogP contribution in [-0.4, -0.2) is 55.8 Å². The Kier molecular flexibility index (Phi) is 11.1. The Balaban J connectivity index is 2.08. The standard InChI is InChI=1S/C30H35ClN4O7S/c1-6-21(3)32-30(37)22(4)33(18-23-8-10-24(31)11-9-23)29(36)19-34(25-12-14-26(42-5)15-13-25)43(40,41)27-16-7-20(2)28(17-27)35(38)39/h7-17,21-22H,6,18-19H2,1-5H3,(H,32,37). The Bertz CT molecular complexity index is 1560. The van der Waals surface area contributed by atoms with Crippen LogP contribution in [0.15, 0.2) is 71.6 Å². The van der Waals surface area contributed by atoms with Gasteiger partial charge >= 0.3 is 0 Å². The molecule has 43 heavy (non-hydrogen) atoms. The van der Waals surface area contributed by atoms with Crippen molar-refractivity contribution in [2.45, 2.75) is 57.6 Å². The number of nitro groups is 1. The number of amides is 2. The van der Waals surface area contributed by atoms with Gasteiger partial charge in [-0.3, -0.25) is 24.0 Å². The molecule has 0 heterocycles. The lowest BCUT2D eigenvalue weighted by Gasteiger charge is -2.32. The summed E-state index contributed by atoms with van der Waals surface area (Å²) in [5.41, 5.74) is 0.711. The van der Waals surface area contributed by atoms with Gasteiger partial charge in [0.15, 0.2) is 0 Å². The number of hydrogen-bond donors (Lipinski definition) is 1. The van der Waals surface area contributed by atoms with Crippen LogP contribution in [0.3, 0.4) is 0 Å². The second-order valence-corrected chi connectivity index (χ2v) is 12.4. The SMILES string of the molecule is CCC(C)NC(=O)C(C)N(Cc1ccc(Cl)cc1)C(=O)CN(c1ccc(OC)cc1)S(=O)(=O)c1ccc(C)c([N+](=O)[O-])c1. The lowest BCUT2D eigenvalue weighted by Crippen LogP contribution is -2.52. The van der Waals surface area contributed by atoms with Gasteiger partial charge < -0.3 is 15.0 Å². The summed E-state index contributed by atoms with van der Waals surface area (Å²) >= 11 is 6.03. The largest absolute Gasteiger partial charge is 0.497 e. The summed E-state index contributed by atoms with van der Waals surface area (Å²) < 4.78 is 34.1. The number of benzene rings is 3. The molecule has 0 spiro atoms. The topological polar surface area (TPSA) is 139 Å². The Morgan fingerprint density at radius 3 is 2.23 bits per heavy atom. The molecule has 0 aromatic heterocycles. The van der Waals surface area contributed by atoms with E-state index in [4.69, 9.17) is 16.3 Å². The number of nitrogens with one attached hydrogen (secondary N) is 1. The molecule has 11 nitrogen and oxygen atoms in total. The number of ether oxygens (including phenoxy) is 1. The molecule has 0 aliphatic carbocycles. The van der Waals surface area contributed by atoms with E-state index in [-0.39, 0.29) is 34.4 Å². The Morgan fingerprint density at radius 1 is 1.05 bits per heavy atom. The van der Waals surface area contributed by atoms with Gasteiger partial charge in [0.25, 0.3) is 15.7 Å². The first-order chi connectivity index (χ1) is 20.3. The fraction of sp³-hybridized carbons (Fsp3) is 0.333. The molecule has 0 radical (unpaired) electrons. The zero-order chi connectivity index (χ0) is 31.9. The van der Waals surface area contributed by atoms with E-state index in [9.17, 15) is 28.1 Å². The smallest absolute Gasteiger partial charge is 0.273 e. The minimum absolute atomic E-state index is 0.00238. The number of rotatable bonds is 13. The fourth-order valence-electron chi connectivity index (χ4n) is 4.19. The summed E-state index contributed by atoms with van der Waals surface area (Å²) in [5.74, 6) is -0.606. The number of hydrogen-bond acceptors (Lipinski definition) is 7. The summed E-state index contributed by atoms with van der Waals surface area (Å²) in [6, 6.07) is 15.2. The molecular formula is C30H35ClN4O7S. The summed E-state index contributed by atoms with van der Waals surface area (Å²) in [4.78, 5) is 39.0. The molecule has 0 bridgehead atoms. The Morgan fingerprint density at radius 2 is 1.67 bits per heavy atom. The van der Waals surface area contributed by atoms with Crippen LogP contribution in [0.5, 0.6) is 5.75 Å². The van der Waals surface area contributed by atoms with Crippen LogP contribution >= 0.6 is 11.6 Å². The average Bonchev–Trinajstić information content (AvgIpc) is 2.98. The van der Waals surface area contributed by atoms with Gasteiger partial charge in [-0.1, -0.05) is 36.7 Å². The van der Waals surface area contributed by atoms with E-state index in [1.165, 1.54) is 55.3 Å². The zero-order valence-electron chi connectivity index (χ0n) is 24.6. The van der Waals surface area contributed by atoms with Gasteiger partial charge in [0.1, 0.15) is 18.3 Å². The first-order valence-corrected chi connectivity index (χ1v) is 15.4.